The number of amides is 1. The van der Waals surface area contributed by atoms with Gasteiger partial charge in [0.15, 0.2) is 0 Å². The van der Waals surface area contributed by atoms with Gasteiger partial charge in [-0.05, 0) is 23.8 Å². The summed E-state index contributed by atoms with van der Waals surface area (Å²) >= 11 is 0. The van der Waals surface area contributed by atoms with Gasteiger partial charge < -0.3 is 16.8 Å². The number of hydrogen-bond donors (Lipinski definition) is 3. The van der Waals surface area contributed by atoms with Crippen LogP contribution in [0.15, 0.2) is 42.6 Å². The van der Waals surface area contributed by atoms with Crippen LogP contribution in [-0.4, -0.2) is 10.9 Å². The smallest absolute Gasteiger partial charge is 0.252 e. The molecule has 92 valence electrons. The summed E-state index contributed by atoms with van der Waals surface area (Å²) in [4.78, 5) is 15.3. The van der Waals surface area contributed by atoms with Crippen LogP contribution in [0.5, 0.6) is 0 Å². The van der Waals surface area contributed by atoms with Crippen molar-refractivity contribution in [3.05, 3.63) is 53.7 Å². The summed E-state index contributed by atoms with van der Waals surface area (Å²) in [5.41, 5.74) is 13.1. The molecule has 0 saturated carbocycles. The molecule has 0 atom stereocenters. The molecule has 1 amide bonds. The predicted octanol–water partition coefficient (Wildman–Crippen LogP) is 1.37. The van der Waals surface area contributed by atoms with E-state index in [0.29, 0.717) is 23.6 Å². The zero-order valence-corrected chi connectivity index (χ0v) is 9.76. The molecule has 5 nitrogen and oxygen atoms in total. The fraction of sp³-hybridized carbons (Fsp3) is 0.0769. The summed E-state index contributed by atoms with van der Waals surface area (Å²) in [6.07, 6.45) is 1.60. The number of nitrogen functional groups attached to an aromatic ring is 1. The fourth-order valence-corrected chi connectivity index (χ4v) is 1.62. The van der Waals surface area contributed by atoms with E-state index >= 15 is 0 Å². The van der Waals surface area contributed by atoms with E-state index in [2.05, 4.69) is 10.3 Å². The van der Waals surface area contributed by atoms with Crippen LogP contribution in [0.25, 0.3) is 0 Å². The predicted molar refractivity (Wildman–Crippen MR) is 70.9 cm³/mol. The van der Waals surface area contributed by atoms with Crippen molar-refractivity contribution in [2.45, 2.75) is 6.54 Å². The third kappa shape index (κ3) is 2.57. The van der Waals surface area contributed by atoms with Crippen LogP contribution < -0.4 is 16.8 Å². The third-order valence-electron chi connectivity index (χ3n) is 2.57. The second kappa shape index (κ2) is 5.18. The van der Waals surface area contributed by atoms with E-state index in [4.69, 9.17) is 11.5 Å². The van der Waals surface area contributed by atoms with Gasteiger partial charge in [-0.1, -0.05) is 18.2 Å². The van der Waals surface area contributed by atoms with Gasteiger partial charge in [-0.2, -0.15) is 0 Å². The Bertz CT molecular complexity index is 568. The van der Waals surface area contributed by atoms with E-state index < -0.39 is 5.91 Å². The Morgan fingerprint density at radius 3 is 2.72 bits per heavy atom. The number of para-hydroxylation sites is 1. The van der Waals surface area contributed by atoms with Crippen LogP contribution in [0.3, 0.4) is 0 Å². The van der Waals surface area contributed by atoms with Crippen LogP contribution in [0.2, 0.25) is 0 Å². The number of rotatable bonds is 4. The molecule has 18 heavy (non-hydrogen) atoms. The molecular weight excluding hydrogens is 228 g/mol. The minimum absolute atomic E-state index is 0.368. The standard InChI is InChI=1S/C13H14N4O/c14-11-6-2-1-4-9(11)8-17-13-10(12(15)18)5-3-7-16-13/h1-7H,8,14H2,(H2,15,18)(H,16,17). The molecule has 0 unspecified atom stereocenters. The first-order valence-corrected chi connectivity index (χ1v) is 5.50. The van der Waals surface area contributed by atoms with Gasteiger partial charge in [-0.25, -0.2) is 4.98 Å². The lowest BCUT2D eigenvalue weighted by molar-refractivity contribution is 0.100. The van der Waals surface area contributed by atoms with Gasteiger partial charge in [-0.3, -0.25) is 4.79 Å². The minimum atomic E-state index is -0.508. The van der Waals surface area contributed by atoms with Gasteiger partial charge >= 0.3 is 0 Å². The zero-order valence-electron chi connectivity index (χ0n) is 9.76. The summed E-state index contributed by atoms with van der Waals surface area (Å²) in [7, 11) is 0. The molecule has 1 aromatic carbocycles. The lowest BCUT2D eigenvalue weighted by Gasteiger charge is -2.10. The second-order valence-corrected chi connectivity index (χ2v) is 3.82. The Labute approximate surface area is 105 Å². The topological polar surface area (TPSA) is 94.0 Å². The lowest BCUT2D eigenvalue weighted by atomic mass is 10.2. The second-order valence-electron chi connectivity index (χ2n) is 3.82. The Kier molecular flexibility index (Phi) is 3.43. The van der Waals surface area contributed by atoms with Crippen molar-refractivity contribution in [3.8, 4) is 0 Å². The zero-order chi connectivity index (χ0) is 13.0. The molecule has 5 heteroatoms. The average molecular weight is 242 g/mol. The monoisotopic (exact) mass is 242 g/mol. The molecule has 0 bridgehead atoms. The molecule has 0 aliphatic carbocycles. The van der Waals surface area contributed by atoms with Crippen LogP contribution in [0, 0.1) is 0 Å². The molecule has 1 aromatic heterocycles. The SMILES string of the molecule is NC(=O)c1cccnc1NCc1ccccc1N. The van der Waals surface area contributed by atoms with Gasteiger partial charge in [-0.15, -0.1) is 0 Å². The number of primary amides is 1. The number of nitrogens with zero attached hydrogens (tertiary/aromatic N) is 1. The van der Waals surface area contributed by atoms with Gasteiger partial charge in [0.25, 0.3) is 5.91 Å². The highest BCUT2D eigenvalue weighted by Crippen LogP contribution is 2.15. The number of hydrogen-bond acceptors (Lipinski definition) is 4. The molecular formula is C13H14N4O. The number of aromatic nitrogens is 1. The number of carbonyl (C=O) groups is 1. The van der Waals surface area contributed by atoms with E-state index in [-0.39, 0.29) is 0 Å². The fourth-order valence-electron chi connectivity index (χ4n) is 1.62. The Balaban J connectivity index is 2.16. The normalized spacial score (nSPS) is 10.0. The van der Waals surface area contributed by atoms with Crippen molar-refractivity contribution < 1.29 is 4.79 Å². The molecule has 0 fully saturated rings. The highest BCUT2D eigenvalue weighted by Gasteiger charge is 2.08. The highest BCUT2D eigenvalue weighted by atomic mass is 16.1. The third-order valence-corrected chi connectivity index (χ3v) is 2.57. The number of pyridine rings is 1. The molecule has 5 N–H and O–H groups in total. The van der Waals surface area contributed by atoms with Crippen molar-refractivity contribution in [1.29, 1.82) is 0 Å². The number of carbonyl (C=O) groups excluding carboxylic acids is 1. The quantitative estimate of drug-likeness (QED) is 0.706. The van der Waals surface area contributed by atoms with Crippen molar-refractivity contribution >= 4 is 17.4 Å². The molecule has 1 heterocycles. The Hall–Kier alpha value is -2.56. The lowest BCUT2D eigenvalue weighted by Crippen LogP contribution is -2.15. The van der Waals surface area contributed by atoms with Crippen molar-refractivity contribution in [1.82, 2.24) is 4.98 Å². The average Bonchev–Trinajstić information content (AvgIpc) is 2.38. The van der Waals surface area contributed by atoms with Crippen molar-refractivity contribution in [2.24, 2.45) is 5.73 Å². The van der Waals surface area contributed by atoms with Crippen LogP contribution >= 0.6 is 0 Å². The largest absolute Gasteiger partial charge is 0.398 e. The van der Waals surface area contributed by atoms with Gasteiger partial charge in [0, 0.05) is 18.4 Å². The maximum atomic E-state index is 11.2. The highest BCUT2D eigenvalue weighted by molar-refractivity contribution is 5.97. The number of nitrogens with two attached hydrogens (primary N) is 2. The Morgan fingerprint density at radius 2 is 2.00 bits per heavy atom. The van der Waals surface area contributed by atoms with Gasteiger partial charge in [0.1, 0.15) is 5.82 Å². The van der Waals surface area contributed by atoms with Crippen molar-refractivity contribution in [3.63, 3.8) is 0 Å². The summed E-state index contributed by atoms with van der Waals surface area (Å²) in [5.74, 6) is -0.0418. The first-order valence-electron chi connectivity index (χ1n) is 5.50. The molecule has 0 radical (unpaired) electrons. The van der Waals surface area contributed by atoms with Crippen LogP contribution in [0.1, 0.15) is 15.9 Å². The molecule has 0 aliphatic rings. The first-order chi connectivity index (χ1) is 8.68. The Morgan fingerprint density at radius 1 is 1.22 bits per heavy atom. The number of nitrogens with one attached hydrogen (secondary N) is 1. The number of anilines is 2. The maximum Gasteiger partial charge on any atom is 0.252 e. The summed E-state index contributed by atoms with van der Waals surface area (Å²) in [5, 5.41) is 3.06. The van der Waals surface area contributed by atoms with E-state index in [1.165, 1.54) is 0 Å². The van der Waals surface area contributed by atoms with Crippen molar-refractivity contribution in [2.75, 3.05) is 11.1 Å². The van der Waals surface area contributed by atoms with Crippen LogP contribution in [0.4, 0.5) is 11.5 Å². The van der Waals surface area contributed by atoms with Crippen LogP contribution in [-0.2, 0) is 6.54 Å². The number of benzene rings is 1. The summed E-state index contributed by atoms with van der Waals surface area (Å²) < 4.78 is 0. The maximum absolute atomic E-state index is 11.2. The molecule has 2 rings (SSSR count). The summed E-state index contributed by atoms with van der Waals surface area (Å²) in [6.45, 7) is 0.490. The molecule has 0 spiro atoms. The van der Waals surface area contributed by atoms with E-state index in [1.54, 1.807) is 18.3 Å². The first kappa shape index (κ1) is 11.9. The van der Waals surface area contributed by atoms with E-state index in [1.807, 2.05) is 24.3 Å². The molecule has 0 aliphatic heterocycles. The van der Waals surface area contributed by atoms with Gasteiger partial charge in [0.2, 0.25) is 0 Å². The molecule has 0 saturated heterocycles. The summed E-state index contributed by atoms with van der Waals surface area (Å²) in [6, 6.07) is 10.8. The van der Waals surface area contributed by atoms with E-state index in [0.717, 1.165) is 5.56 Å². The van der Waals surface area contributed by atoms with E-state index in [9.17, 15) is 4.79 Å². The van der Waals surface area contributed by atoms with Gasteiger partial charge in [0.05, 0.1) is 5.56 Å². The minimum Gasteiger partial charge on any atom is -0.398 e. The molecule has 2 aromatic rings.